The van der Waals surface area contributed by atoms with E-state index in [4.69, 9.17) is 20.7 Å². The van der Waals surface area contributed by atoms with E-state index in [-0.39, 0.29) is 10.5 Å². The third kappa shape index (κ3) is 2.16. The molecule has 0 amide bonds. The molecule has 0 fully saturated rings. The van der Waals surface area contributed by atoms with Crippen LogP contribution in [0.3, 0.4) is 0 Å². The van der Waals surface area contributed by atoms with E-state index < -0.39 is 9.05 Å². The smallest absolute Gasteiger partial charge is 0.262 e. The van der Waals surface area contributed by atoms with Crippen LogP contribution in [0.15, 0.2) is 23.1 Å². The number of hydrogen-bond donors (Lipinski definition) is 0. The summed E-state index contributed by atoms with van der Waals surface area (Å²) in [5, 5.41) is 8.67. The van der Waals surface area contributed by atoms with Crippen LogP contribution in [0.2, 0.25) is 0 Å². The van der Waals surface area contributed by atoms with Crippen molar-refractivity contribution >= 4 is 19.7 Å². The van der Waals surface area contributed by atoms with Gasteiger partial charge in [-0.15, -0.1) is 0 Å². The Balaban J connectivity index is 3.43. The lowest BCUT2D eigenvalue weighted by molar-refractivity contribution is 0.414. The molecular weight excluding hydrogens is 226 g/mol. The second kappa shape index (κ2) is 3.86. The molecule has 4 nitrogen and oxygen atoms in total. The molecule has 1 aromatic carbocycles. The van der Waals surface area contributed by atoms with Crippen LogP contribution >= 0.6 is 10.7 Å². The van der Waals surface area contributed by atoms with Gasteiger partial charge in [-0.25, -0.2) is 8.42 Å². The fraction of sp³-hybridized carbons (Fsp3) is 0.125. The predicted octanol–water partition coefficient (Wildman–Crippen LogP) is 1.49. The lowest BCUT2D eigenvalue weighted by Gasteiger charge is -2.02. The largest absolute Gasteiger partial charge is 0.497 e. The minimum atomic E-state index is -3.88. The molecule has 0 heterocycles. The van der Waals surface area contributed by atoms with E-state index >= 15 is 0 Å². The Labute approximate surface area is 86.1 Å². The van der Waals surface area contributed by atoms with Gasteiger partial charge in [-0.2, -0.15) is 5.26 Å². The van der Waals surface area contributed by atoms with Gasteiger partial charge in [-0.1, -0.05) is 0 Å². The van der Waals surface area contributed by atoms with Gasteiger partial charge in [0, 0.05) is 10.7 Å². The molecule has 1 rings (SSSR count). The van der Waals surface area contributed by atoms with Crippen LogP contribution in [0, 0.1) is 11.3 Å². The van der Waals surface area contributed by atoms with Gasteiger partial charge in [0.05, 0.1) is 12.7 Å². The zero-order valence-corrected chi connectivity index (χ0v) is 8.76. The Bertz CT molecular complexity index is 490. The molecule has 0 unspecified atom stereocenters. The van der Waals surface area contributed by atoms with E-state index in [1.807, 2.05) is 0 Å². The number of benzene rings is 1. The minimum Gasteiger partial charge on any atom is -0.497 e. The highest BCUT2D eigenvalue weighted by molar-refractivity contribution is 8.13. The molecule has 0 atom stereocenters. The van der Waals surface area contributed by atoms with Gasteiger partial charge in [0.15, 0.2) is 0 Å². The highest BCUT2D eigenvalue weighted by atomic mass is 35.7. The van der Waals surface area contributed by atoms with Crippen LogP contribution in [-0.2, 0) is 9.05 Å². The zero-order valence-electron chi connectivity index (χ0n) is 7.19. The van der Waals surface area contributed by atoms with Crippen molar-refractivity contribution in [1.82, 2.24) is 0 Å². The molecule has 0 saturated heterocycles. The highest BCUT2D eigenvalue weighted by Gasteiger charge is 2.15. The van der Waals surface area contributed by atoms with E-state index in [0.717, 1.165) is 0 Å². The van der Waals surface area contributed by atoms with Crippen molar-refractivity contribution in [3.8, 4) is 11.8 Å². The van der Waals surface area contributed by atoms with E-state index in [2.05, 4.69) is 0 Å². The fourth-order valence-electron chi connectivity index (χ4n) is 0.936. The molecule has 0 bridgehead atoms. The van der Waals surface area contributed by atoms with E-state index in [0.29, 0.717) is 5.75 Å². The third-order valence-corrected chi connectivity index (χ3v) is 2.95. The van der Waals surface area contributed by atoms with Crippen molar-refractivity contribution < 1.29 is 13.2 Å². The molecule has 14 heavy (non-hydrogen) atoms. The molecule has 0 spiro atoms. The maximum atomic E-state index is 11.0. The van der Waals surface area contributed by atoms with E-state index in [1.165, 1.54) is 25.3 Å². The molecule has 0 aliphatic carbocycles. The molecule has 0 aliphatic heterocycles. The molecule has 0 saturated carbocycles. The number of halogens is 1. The van der Waals surface area contributed by atoms with Crippen molar-refractivity contribution in [1.29, 1.82) is 5.26 Å². The number of nitrogens with zero attached hydrogens (tertiary/aromatic N) is 1. The lowest BCUT2D eigenvalue weighted by Crippen LogP contribution is -1.95. The Morgan fingerprint density at radius 1 is 1.50 bits per heavy atom. The highest BCUT2D eigenvalue weighted by Crippen LogP contribution is 2.23. The first-order valence-corrected chi connectivity index (χ1v) is 5.83. The second-order valence-corrected chi connectivity index (χ2v) is 4.95. The van der Waals surface area contributed by atoms with Crippen LogP contribution in [-0.4, -0.2) is 15.5 Å². The van der Waals surface area contributed by atoms with Crippen molar-refractivity contribution in [3.05, 3.63) is 23.8 Å². The first-order valence-electron chi connectivity index (χ1n) is 3.52. The van der Waals surface area contributed by atoms with Crippen molar-refractivity contribution in [2.75, 3.05) is 7.11 Å². The summed E-state index contributed by atoms with van der Waals surface area (Å²) in [7, 11) is 2.66. The normalized spacial score (nSPS) is 10.6. The summed E-state index contributed by atoms with van der Waals surface area (Å²) in [4.78, 5) is -0.206. The van der Waals surface area contributed by atoms with Crippen LogP contribution < -0.4 is 4.74 Å². The summed E-state index contributed by atoms with van der Waals surface area (Å²) < 4.78 is 26.8. The van der Waals surface area contributed by atoms with Gasteiger partial charge in [0.2, 0.25) is 0 Å². The first-order chi connectivity index (χ1) is 6.49. The zero-order chi connectivity index (χ0) is 10.8. The van der Waals surface area contributed by atoms with Gasteiger partial charge in [-0.05, 0) is 18.2 Å². The topological polar surface area (TPSA) is 67.2 Å². The standard InChI is InChI=1S/C8H6ClNO3S/c1-13-7-2-3-8(14(9,11)12)6(4-7)5-10/h2-4H,1H3. The number of nitriles is 1. The molecule has 1 aromatic rings. The molecule has 0 radical (unpaired) electrons. The second-order valence-electron chi connectivity index (χ2n) is 2.41. The summed E-state index contributed by atoms with van der Waals surface area (Å²) in [6.45, 7) is 0. The first kappa shape index (κ1) is 10.8. The third-order valence-electron chi connectivity index (χ3n) is 1.57. The van der Waals surface area contributed by atoms with Gasteiger partial charge in [-0.3, -0.25) is 0 Å². The van der Waals surface area contributed by atoms with Crippen LogP contribution in [0.4, 0.5) is 0 Å². The molecule has 6 heteroatoms. The average Bonchev–Trinajstić information content (AvgIpc) is 2.15. The van der Waals surface area contributed by atoms with Crippen LogP contribution in [0.5, 0.6) is 5.75 Å². The molecule has 0 N–H and O–H groups in total. The summed E-state index contributed by atoms with van der Waals surface area (Å²) >= 11 is 0. The van der Waals surface area contributed by atoms with Crippen LogP contribution in [0.1, 0.15) is 5.56 Å². The SMILES string of the molecule is COc1ccc(S(=O)(=O)Cl)c(C#N)c1. The molecule has 74 valence electrons. The number of methoxy groups -OCH3 is 1. The van der Waals surface area contributed by atoms with Gasteiger partial charge in [0.25, 0.3) is 9.05 Å². The number of ether oxygens (including phenoxy) is 1. The summed E-state index contributed by atoms with van der Waals surface area (Å²) in [6.07, 6.45) is 0. The Kier molecular flexibility index (Phi) is 2.99. The monoisotopic (exact) mass is 231 g/mol. The average molecular weight is 232 g/mol. The van der Waals surface area contributed by atoms with Gasteiger partial charge in [0.1, 0.15) is 16.7 Å². The van der Waals surface area contributed by atoms with E-state index in [1.54, 1.807) is 6.07 Å². The Hall–Kier alpha value is -1.25. The predicted molar refractivity (Wildman–Crippen MR) is 50.7 cm³/mol. The van der Waals surface area contributed by atoms with Gasteiger partial charge < -0.3 is 4.74 Å². The molecule has 0 aromatic heterocycles. The van der Waals surface area contributed by atoms with Gasteiger partial charge >= 0.3 is 0 Å². The fourth-order valence-corrected chi connectivity index (χ4v) is 1.94. The molecular formula is C8H6ClNO3S. The summed E-state index contributed by atoms with van der Waals surface area (Å²) in [6, 6.07) is 5.71. The van der Waals surface area contributed by atoms with Crippen molar-refractivity contribution in [2.45, 2.75) is 4.90 Å². The Morgan fingerprint density at radius 2 is 2.14 bits per heavy atom. The summed E-state index contributed by atoms with van der Waals surface area (Å²) in [5.74, 6) is 0.408. The van der Waals surface area contributed by atoms with Crippen molar-refractivity contribution in [2.24, 2.45) is 0 Å². The Morgan fingerprint density at radius 3 is 2.57 bits per heavy atom. The number of hydrogen-bond acceptors (Lipinski definition) is 4. The quantitative estimate of drug-likeness (QED) is 0.724. The lowest BCUT2D eigenvalue weighted by atomic mass is 10.2. The maximum Gasteiger partial charge on any atom is 0.262 e. The van der Waals surface area contributed by atoms with Crippen molar-refractivity contribution in [3.63, 3.8) is 0 Å². The number of rotatable bonds is 2. The summed E-state index contributed by atoms with van der Waals surface area (Å²) in [5.41, 5.74) is -0.0284. The minimum absolute atomic E-state index is 0.0284. The van der Waals surface area contributed by atoms with Crippen LogP contribution in [0.25, 0.3) is 0 Å². The van der Waals surface area contributed by atoms with E-state index in [9.17, 15) is 8.42 Å². The maximum absolute atomic E-state index is 11.0. The molecule has 0 aliphatic rings.